The van der Waals surface area contributed by atoms with Gasteiger partial charge >= 0.3 is 0 Å². The van der Waals surface area contributed by atoms with E-state index in [1.54, 1.807) is 12.3 Å². The summed E-state index contributed by atoms with van der Waals surface area (Å²) in [5.41, 5.74) is 3.19. The lowest BCUT2D eigenvalue weighted by Gasteiger charge is -2.21. The van der Waals surface area contributed by atoms with Crippen molar-refractivity contribution in [1.29, 1.82) is 0 Å². The van der Waals surface area contributed by atoms with E-state index in [0.29, 0.717) is 35.4 Å². The molecule has 2 N–H and O–H groups in total. The Kier molecular flexibility index (Phi) is 6.93. The van der Waals surface area contributed by atoms with Crippen LogP contribution in [0.4, 0.5) is 5.69 Å². The summed E-state index contributed by atoms with van der Waals surface area (Å²) in [6.07, 6.45) is 3.74. The minimum Gasteiger partial charge on any atom is -0.468 e. The molecule has 1 fully saturated rings. The maximum atomic E-state index is 12.8. The van der Waals surface area contributed by atoms with Crippen molar-refractivity contribution >= 4 is 29.1 Å². The van der Waals surface area contributed by atoms with E-state index in [1.807, 2.05) is 60.4 Å². The Labute approximate surface area is 192 Å². The highest BCUT2D eigenvalue weighted by atomic mass is 35.5. The quantitative estimate of drug-likeness (QED) is 0.491. The summed E-state index contributed by atoms with van der Waals surface area (Å²) in [5, 5.41) is 6.55. The highest BCUT2D eigenvalue weighted by Gasteiger charge is 2.23. The van der Waals surface area contributed by atoms with Crippen LogP contribution in [-0.4, -0.2) is 29.3 Å². The first-order valence-corrected chi connectivity index (χ1v) is 11.1. The smallest absolute Gasteiger partial charge is 0.251 e. The number of nitrogens with zero attached hydrogens (tertiary/aromatic N) is 1. The van der Waals surface area contributed by atoms with Crippen molar-refractivity contribution in [2.75, 3.05) is 11.9 Å². The minimum absolute atomic E-state index is 0.0391. The van der Waals surface area contributed by atoms with Gasteiger partial charge in [0.2, 0.25) is 5.91 Å². The Morgan fingerprint density at radius 1 is 1.06 bits per heavy atom. The van der Waals surface area contributed by atoms with Crippen LogP contribution in [0.15, 0.2) is 65.3 Å². The normalized spacial score (nSPS) is 13.2. The zero-order valence-corrected chi connectivity index (χ0v) is 18.7. The summed E-state index contributed by atoms with van der Waals surface area (Å²) in [5.74, 6) is 0.599. The third-order valence-electron chi connectivity index (χ3n) is 5.40. The molecule has 2 aromatic carbocycles. The molecule has 1 saturated carbocycles. The van der Waals surface area contributed by atoms with Crippen LogP contribution in [-0.2, 0) is 17.9 Å². The van der Waals surface area contributed by atoms with Crippen molar-refractivity contribution in [3.8, 4) is 0 Å². The van der Waals surface area contributed by atoms with E-state index in [0.717, 1.165) is 29.7 Å². The van der Waals surface area contributed by atoms with Gasteiger partial charge in [-0.3, -0.25) is 14.5 Å². The number of amides is 2. The fraction of sp³-hybridized carbons (Fsp3) is 0.280. The predicted octanol–water partition coefficient (Wildman–Crippen LogP) is 4.77. The van der Waals surface area contributed by atoms with Crippen LogP contribution >= 0.6 is 11.6 Å². The first kappa shape index (κ1) is 22.1. The van der Waals surface area contributed by atoms with Gasteiger partial charge in [0, 0.05) is 28.9 Å². The zero-order valence-electron chi connectivity index (χ0n) is 17.9. The van der Waals surface area contributed by atoms with Crippen molar-refractivity contribution < 1.29 is 14.0 Å². The van der Waals surface area contributed by atoms with Crippen LogP contribution in [0.25, 0.3) is 0 Å². The van der Waals surface area contributed by atoms with Crippen LogP contribution in [0.2, 0.25) is 5.02 Å². The van der Waals surface area contributed by atoms with Gasteiger partial charge in [-0.25, -0.2) is 0 Å². The highest BCUT2D eigenvalue weighted by molar-refractivity contribution is 6.31. The summed E-state index contributed by atoms with van der Waals surface area (Å²) in [7, 11) is 0. The molecule has 3 aromatic rings. The minimum atomic E-state index is -0.137. The molecule has 0 unspecified atom stereocenters. The second-order valence-electron chi connectivity index (χ2n) is 8.13. The van der Waals surface area contributed by atoms with E-state index >= 15 is 0 Å². The number of benzene rings is 2. The van der Waals surface area contributed by atoms with Gasteiger partial charge in [-0.2, -0.15) is 0 Å². The van der Waals surface area contributed by atoms with Gasteiger partial charge in [0.25, 0.3) is 5.91 Å². The number of furan rings is 1. The number of halogens is 1. The molecule has 6 nitrogen and oxygen atoms in total. The van der Waals surface area contributed by atoms with E-state index in [1.165, 1.54) is 0 Å². The molecule has 0 spiro atoms. The largest absolute Gasteiger partial charge is 0.468 e. The summed E-state index contributed by atoms with van der Waals surface area (Å²) >= 11 is 6.17. The number of hydrogen-bond acceptors (Lipinski definition) is 4. The molecule has 166 valence electrons. The molecule has 7 heteroatoms. The van der Waals surface area contributed by atoms with E-state index in [9.17, 15) is 9.59 Å². The van der Waals surface area contributed by atoms with E-state index < -0.39 is 0 Å². The molecule has 2 amide bonds. The van der Waals surface area contributed by atoms with Gasteiger partial charge in [0.15, 0.2) is 0 Å². The highest BCUT2D eigenvalue weighted by Crippen LogP contribution is 2.23. The predicted molar refractivity (Wildman–Crippen MR) is 125 cm³/mol. The van der Waals surface area contributed by atoms with E-state index in [2.05, 4.69) is 10.6 Å². The van der Waals surface area contributed by atoms with Crippen LogP contribution in [0.5, 0.6) is 0 Å². The van der Waals surface area contributed by atoms with Gasteiger partial charge in [-0.15, -0.1) is 0 Å². The number of hydrogen-bond donors (Lipinski definition) is 2. The Hall–Kier alpha value is -3.09. The second-order valence-corrected chi connectivity index (χ2v) is 8.54. The number of carbonyl (C=O) groups is 2. The maximum absolute atomic E-state index is 12.8. The van der Waals surface area contributed by atoms with Crippen molar-refractivity contribution in [2.24, 2.45) is 0 Å². The molecular weight excluding hydrogens is 426 g/mol. The lowest BCUT2D eigenvalue weighted by atomic mass is 10.1. The van der Waals surface area contributed by atoms with Gasteiger partial charge in [-0.05, 0) is 67.3 Å². The van der Waals surface area contributed by atoms with Gasteiger partial charge in [0.1, 0.15) is 5.76 Å². The lowest BCUT2D eigenvalue weighted by Crippen LogP contribution is -2.32. The van der Waals surface area contributed by atoms with Crippen LogP contribution in [0.1, 0.15) is 40.1 Å². The van der Waals surface area contributed by atoms with Crippen LogP contribution in [0.3, 0.4) is 0 Å². The topological polar surface area (TPSA) is 74.6 Å². The molecular formula is C25H26ClN3O3. The Bertz CT molecular complexity index is 1080. The fourth-order valence-corrected chi connectivity index (χ4v) is 3.62. The number of carbonyl (C=O) groups excluding carboxylic acids is 2. The van der Waals surface area contributed by atoms with Crippen molar-refractivity contribution in [1.82, 2.24) is 10.2 Å². The average molecular weight is 452 g/mol. The van der Waals surface area contributed by atoms with Crippen molar-refractivity contribution in [3.05, 3.63) is 88.3 Å². The van der Waals surface area contributed by atoms with Crippen molar-refractivity contribution in [3.63, 3.8) is 0 Å². The molecule has 1 aromatic heterocycles. The second kappa shape index (κ2) is 10.0. The Morgan fingerprint density at radius 2 is 1.84 bits per heavy atom. The summed E-state index contributed by atoms with van der Waals surface area (Å²) < 4.78 is 5.49. The summed E-state index contributed by atoms with van der Waals surface area (Å²) in [6.45, 7) is 3.07. The molecule has 4 rings (SSSR count). The molecule has 0 aliphatic heterocycles. The Balaban J connectivity index is 1.42. The first-order valence-electron chi connectivity index (χ1n) is 10.7. The standard InChI is InChI=1S/C25H26ClN3O3/c1-17-22(26)5-2-6-23(17)28-24(30)16-29(15-21-4-3-13-32-21)14-18-7-9-19(10-8-18)25(31)27-20-11-12-20/h2-10,13,20H,11-12,14-16H2,1H3,(H,27,31)(H,28,30). The van der Waals surface area contributed by atoms with E-state index in [-0.39, 0.29) is 18.4 Å². The monoisotopic (exact) mass is 451 g/mol. The fourth-order valence-electron chi connectivity index (χ4n) is 3.44. The third kappa shape index (κ3) is 5.99. The molecule has 0 saturated heterocycles. The molecule has 0 bridgehead atoms. The molecule has 32 heavy (non-hydrogen) atoms. The molecule has 1 heterocycles. The lowest BCUT2D eigenvalue weighted by molar-refractivity contribution is -0.117. The molecule has 1 aliphatic carbocycles. The third-order valence-corrected chi connectivity index (χ3v) is 5.81. The van der Waals surface area contributed by atoms with Crippen LogP contribution in [0, 0.1) is 6.92 Å². The van der Waals surface area contributed by atoms with E-state index in [4.69, 9.17) is 16.0 Å². The zero-order chi connectivity index (χ0) is 22.5. The molecule has 0 radical (unpaired) electrons. The number of nitrogens with one attached hydrogen (secondary N) is 2. The Morgan fingerprint density at radius 3 is 2.53 bits per heavy atom. The number of rotatable bonds is 9. The first-order chi connectivity index (χ1) is 15.5. The van der Waals surface area contributed by atoms with Gasteiger partial charge in [-0.1, -0.05) is 29.8 Å². The SMILES string of the molecule is Cc1c(Cl)cccc1NC(=O)CN(Cc1ccc(C(=O)NC2CC2)cc1)Cc1ccco1. The molecule has 0 atom stereocenters. The number of anilines is 1. The average Bonchev–Trinajstić information content (AvgIpc) is 3.43. The van der Waals surface area contributed by atoms with Gasteiger partial charge in [0.05, 0.1) is 19.4 Å². The van der Waals surface area contributed by atoms with Crippen molar-refractivity contribution in [2.45, 2.75) is 38.9 Å². The summed E-state index contributed by atoms with van der Waals surface area (Å²) in [6, 6.07) is 17.0. The van der Waals surface area contributed by atoms with Gasteiger partial charge < -0.3 is 15.1 Å². The summed E-state index contributed by atoms with van der Waals surface area (Å²) in [4.78, 5) is 27.0. The molecule has 1 aliphatic rings. The van der Waals surface area contributed by atoms with Crippen LogP contribution < -0.4 is 10.6 Å². The maximum Gasteiger partial charge on any atom is 0.251 e.